The van der Waals surface area contributed by atoms with Gasteiger partial charge in [0.1, 0.15) is 11.4 Å². The number of rotatable bonds is 2. The molecule has 2 aromatic rings. The number of hydrogen-bond acceptors (Lipinski definition) is 5. The third kappa shape index (κ3) is 2.55. The molecule has 23 heavy (non-hydrogen) atoms. The summed E-state index contributed by atoms with van der Waals surface area (Å²) in [5.41, 5.74) is 0.227. The Kier molecular flexibility index (Phi) is 3.45. The summed E-state index contributed by atoms with van der Waals surface area (Å²) in [6.45, 7) is 5.60. The number of fused-ring (bicyclic) bond motifs is 1. The second-order valence-electron chi connectivity index (χ2n) is 6.38. The molecule has 2 aliphatic heterocycles. The van der Waals surface area contributed by atoms with E-state index in [4.69, 9.17) is 4.74 Å². The van der Waals surface area contributed by atoms with E-state index in [1.54, 1.807) is 10.7 Å². The molecule has 2 fully saturated rings. The molecule has 0 saturated carbocycles. The van der Waals surface area contributed by atoms with Gasteiger partial charge in [0.05, 0.1) is 0 Å². The van der Waals surface area contributed by atoms with Crippen LogP contribution in [0.4, 0.5) is 5.82 Å². The van der Waals surface area contributed by atoms with Gasteiger partial charge in [-0.05, 0) is 31.9 Å². The quantitative estimate of drug-likeness (QED) is 0.825. The molecule has 2 aromatic heterocycles. The minimum atomic E-state index is -0.615. The van der Waals surface area contributed by atoms with Gasteiger partial charge >= 0.3 is 0 Å². The minimum Gasteiger partial charge on any atom is -0.365 e. The van der Waals surface area contributed by atoms with Crippen LogP contribution in [-0.4, -0.2) is 63.8 Å². The van der Waals surface area contributed by atoms with E-state index in [1.807, 2.05) is 30.2 Å². The number of ether oxygens (including phenoxy) is 1. The van der Waals surface area contributed by atoms with Crippen LogP contribution in [0.5, 0.6) is 0 Å². The Morgan fingerprint density at radius 3 is 2.83 bits per heavy atom. The number of amides is 1. The van der Waals surface area contributed by atoms with Crippen LogP contribution in [0, 0.1) is 0 Å². The lowest BCUT2D eigenvalue weighted by Crippen LogP contribution is -2.55. The number of piperazine rings is 1. The highest BCUT2D eigenvalue weighted by atomic mass is 16.5. The molecule has 0 radical (unpaired) electrons. The Labute approximate surface area is 134 Å². The summed E-state index contributed by atoms with van der Waals surface area (Å²) in [6, 6.07) is 3.95. The van der Waals surface area contributed by atoms with Crippen molar-refractivity contribution in [2.45, 2.75) is 25.4 Å². The molecule has 7 heteroatoms. The van der Waals surface area contributed by atoms with Gasteiger partial charge in [-0.3, -0.25) is 4.79 Å². The van der Waals surface area contributed by atoms with Gasteiger partial charge in [-0.1, -0.05) is 0 Å². The molecule has 7 nitrogen and oxygen atoms in total. The highest BCUT2D eigenvalue weighted by Crippen LogP contribution is 2.28. The average Bonchev–Trinajstić information content (AvgIpc) is 3.23. The summed E-state index contributed by atoms with van der Waals surface area (Å²) >= 11 is 0. The van der Waals surface area contributed by atoms with Crippen LogP contribution in [0.2, 0.25) is 0 Å². The average molecular weight is 315 g/mol. The summed E-state index contributed by atoms with van der Waals surface area (Å²) in [5, 5.41) is 4.57. The first-order valence-electron chi connectivity index (χ1n) is 8.14. The van der Waals surface area contributed by atoms with E-state index in [1.165, 1.54) is 0 Å². The van der Waals surface area contributed by atoms with E-state index in [0.29, 0.717) is 19.7 Å². The maximum absolute atomic E-state index is 12.7. The van der Waals surface area contributed by atoms with Crippen molar-refractivity contribution < 1.29 is 9.53 Å². The maximum Gasteiger partial charge on any atom is 0.254 e. The van der Waals surface area contributed by atoms with Crippen LogP contribution < -0.4 is 4.90 Å². The SMILES string of the molecule is C[C@]1(C(=O)N2CCN(c3ccc4nccn4n3)CC2)CCCO1. The van der Waals surface area contributed by atoms with Gasteiger partial charge in [-0.25, -0.2) is 9.50 Å². The van der Waals surface area contributed by atoms with Crippen LogP contribution in [0.15, 0.2) is 24.5 Å². The normalized spacial score (nSPS) is 25.3. The summed E-state index contributed by atoms with van der Waals surface area (Å²) in [7, 11) is 0. The van der Waals surface area contributed by atoms with E-state index < -0.39 is 5.60 Å². The molecular weight excluding hydrogens is 294 g/mol. The van der Waals surface area contributed by atoms with Gasteiger partial charge in [-0.15, -0.1) is 5.10 Å². The Hall–Kier alpha value is -2.15. The van der Waals surface area contributed by atoms with Crippen molar-refractivity contribution in [3.8, 4) is 0 Å². The first-order chi connectivity index (χ1) is 11.2. The minimum absolute atomic E-state index is 0.132. The molecule has 0 aliphatic carbocycles. The van der Waals surface area contributed by atoms with Crippen molar-refractivity contribution in [2.75, 3.05) is 37.7 Å². The molecule has 1 amide bonds. The van der Waals surface area contributed by atoms with Gasteiger partial charge < -0.3 is 14.5 Å². The smallest absolute Gasteiger partial charge is 0.254 e. The third-order valence-electron chi connectivity index (χ3n) is 4.80. The Morgan fingerprint density at radius 2 is 2.09 bits per heavy atom. The molecule has 4 heterocycles. The molecule has 122 valence electrons. The first kappa shape index (κ1) is 14.4. The molecule has 0 unspecified atom stereocenters. The fourth-order valence-corrected chi connectivity index (χ4v) is 3.39. The zero-order valence-corrected chi connectivity index (χ0v) is 13.3. The number of nitrogens with zero attached hydrogens (tertiary/aromatic N) is 5. The molecule has 0 N–H and O–H groups in total. The Balaban J connectivity index is 1.43. The predicted octanol–water partition coefficient (Wildman–Crippen LogP) is 0.947. The second-order valence-corrected chi connectivity index (χ2v) is 6.38. The third-order valence-corrected chi connectivity index (χ3v) is 4.80. The lowest BCUT2D eigenvalue weighted by atomic mass is 10.0. The van der Waals surface area contributed by atoms with Crippen LogP contribution in [0.1, 0.15) is 19.8 Å². The fourth-order valence-electron chi connectivity index (χ4n) is 3.39. The van der Waals surface area contributed by atoms with Crippen molar-refractivity contribution >= 4 is 17.4 Å². The zero-order chi connectivity index (χ0) is 15.9. The Bertz CT molecular complexity index is 714. The number of carbonyl (C=O) groups is 1. The Morgan fingerprint density at radius 1 is 1.26 bits per heavy atom. The summed E-state index contributed by atoms with van der Waals surface area (Å²) in [4.78, 5) is 21.0. The monoisotopic (exact) mass is 315 g/mol. The van der Waals surface area contributed by atoms with Crippen LogP contribution in [0.25, 0.3) is 5.65 Å². The van der Waals surface area contributed by atoms with E-state index in [9.17, 15) is 4.79 Å². The van der Waals surface area contributed by atoms with Crippen molar-refractivity contribution in [2.24, 2.45) is 0 Å². The lowest BCUT2D eigenvalue weighted by Gasteiger charge is -2.38. The van der Waals surface area contributed by atoms with E-state index in [-0.39, 0.29) is 5.91 Å². The largest absolute Gasteiger partial charge is 0.365 e. The summed E-state index contributed by atoms with van der Waals surface area (Å²) < 4.78 is 7.46. The molecule has 0 bridgehead atoms. The van der Waals surface area contributed by atoms with E-state index in [2.05, 4.69) is 15.0 Å². The van der Waals surface area contributed by atoms with Gasteiger partial charge in [-0.2, -0.15) is 0 Å². The fraction of sp³-hybridized carbons (Fsp3) is 0.562. The number of anilines is 1. The molecule has 2 saturated heterocycles. The number of carbonyl (C=O) groups excluding carboxylic acids is 1. The summed E-state index contributed by atoms with van der Waals surface area (Å²) in [5.74, 6) is 1.05. The topological polar surface area (TPSA) is 63.0 Å². The van der Waals surface area contributed by atoms with Crippen LogP contribution in [-0.2, 0) is 9.53 Å². The van der Waals surface area contributed by atoms with Crippen LogP contribution in [0.3, 0.4) is 0 Å². The van der Waals surface area contributed by atoms with Crippen molar-refractivity contribution in [3.63, 3.8) is 0 Å². The molecule has 0 spiro atoms. The van der Waals surface area contributed by atoms with Crippen molar-refractivity contribution in [1.82, 2.24) is 19.5 Å². The van der Waals surface area contributed by atoms with Gasteiger partial charge in [0, 0.05) is 45.2 Å². The lowest BCUT2D eigenvalue weighted by molar-refractivity contribution is -0.151. The van der Waals surface area contributed by atoms with Crippen molar-refractivity contribution in [1.29, 1.82) is 0 Å². The second kappa shape index (κ2) is 5.49. The highest BCUT2D eigenvalue weighted by molar-refractivity contribution is 5.85. The van der Waals surface area contributed by atoms with E-state index in [0.717, 1.165) is 37.4 Å². The molecule has 2 aliphatic rings. The standard InChI is InChI=1S/C16H21N5O2/c1-16(5-2-12-23-16)15(22)20-10-8-19(9-11-20)14-4-3-13-17-6-7-21(13)18-14/h3-4,6-7H,2,5,8-12H2,1H3/t16-/m1/s1. The maximum atomic E-state index is 12.7. The highest BCUT2D eigenvalue weighted by Gasteiger charge is 2.41. The molecule has 4 rings (SSSR count). The number of aromatic nitrogens is 3. The van der Waals surface area contributed by atoms with Crippen molar-refractivity contribution in [3.05, 3.63) is 24.5 Å². The molecule has 1 atom stereocenters. The number of hydrogen-bond donors (Lipinski definition) is 0. The summed E-state index contributed by atoms with van der Waals surface area (Å²) in [6.07, 6.45) is 5.38. The zero-order valence-electron chi connectivity index (χ0n) is 13.3. The first-order valence-corrected chi connectivity index (χ1v) is 8.14. The number of imidazole rings is 1. The molecular formula is C16H21N5O2. The van der Waals surface area contributed by atoms with Gasteiger partial charge in [0.2, 0.25) is 0 Å². The van der Waals surface area contributed by atoms with Crippen LogP contribution >= 0.6 is 0 Å². The predicted molar refractivity (Wildman–Crippen MR) is 85.4 cm³/mol. The molecule has 0 aromatic carbocycles. The van der Waals surface area contributed by atoms with Gasteiger partial charge in [0.25, 0.3) is 5.91 Å². The van der Waals surface area contributed by atoms with Gasteiger partial charge in [0.15, 0.2) is 5.65 Å². The van der Waals surface area contributed by atoms with E-state index >= 15 is 0 Å².